The average molecular weight is 334 g/mol. The van der Waals surface area contributed by atoms with Crippen LogP contribution >= 0.6 is 0 Å². The summed E-state index contributed by atoms with van der Waals surface area (Å²) in [7, 11) is 0. The molecule has 1 aliphatic heterocycles. The number of benzene rings is 3. The molecule has 0 bridgehead atoms. The van der Waals surface area contributed by atoms with Gasteiger partial charge in [-0.1, -0.05) is 54.1 Å². The van der Waals surface area contributed by atoms with Crippen molar-refractivity contribution in [2.24, 2.45) is 0 Å². The van der Waals surface area contributed by atoms with Crippen molar-refractivity contribution in [2.45, 2.75) is 19.3 Å². The Hall–Kier alpha value is -2.94. The zero-order valence-corrected chi connectivity index (χ0v) is 14.2. The van der Waals surface area contributed by atoms with Crippen molar-refractivity contribution < 1.29 is 14.9 Å². The molecule has 0 aliphatic carbocycles. The molecule has 0 spiro atoms. The van der Waals surface area contributed by atoms with E-state index >= 15 is 0 Å². The minimum Gasteiger partial charge on any atom is -0.508 e. The van der Waals surface area contributed by atoms with E-state index in [9.17, 15) is 10.2 Å². The molecule has 0 unspecified atom stereocenters. The number of rotatable bonds is 1. The molecule has 4 rings (SSSR count). The third kappa shape index (κ3) is 4.54. The van der Waals surface area contributed by atoms with Gasteiger partial charge in [0.1, 0.15) is 17.2 Å². The maximum Gasteiger partial charge on any atom is 0.126 e. The second-order valence-corrected chi connectivity index (χ2v) is 6.25. The van der Waals surface area contributed by atoms with Gasteiger partial charge in [0.05, 0.1) is 6.61 Å². The van der Waals surface area contributed by atoms with Crippen molar-refractivity contribution in [3.05, 3.63) is 89.5 Å². The molecule has 2 N–H and O–H groups in total. The van der Waals surface area contributed by atoms with Crippen LogP contribution in [0.5, 0.6) is 17.2 Å². The fourth-order valence-electron chi connectivity index (χ4n) is 2.86. The number of ether oxygens (including phenoxy) is 1. The summed E-state index contributed by atoms with van der Waals surface area (Å²) < 4.78 is 5.68. The van der Waals surface area contributed by atoms with Gasteiger partial charge in [0.25, 0.3) is 0 Å². The molecule has 0 amide bonds. The Morgan fingerprint density at radius 1 is 0.840 bits per heavy atom. The Morgan fingerprint density at radius 3 is 2.16 bits per heavy atom. The summed E-state index contributed by atoms with van der Waals surface area (Å²) in [5.74, 6) is 1.57. The van der Waals surface area contributed by atoms with Crippen molar-refractivity contribution in [2.75, 3.05) is 6.61 Å². The number of hydrogen-bond acceptors (Lipinski definition) is 3. The van der Waals surface area contributed by atoms with Crippen molar-refractivity contribution in [3.63, 3.8) is 0 Å². The first-order valence-electron chi connectivity index (χ1n) is 8.37. The smallest absolute Gasteiger partial charge is 0.126 e. The zero-order chi connectivity index (χ0) is 17.6. The highest BCUT2D eigenvalue weighted by Crippen LogP contribution is 2.34. The van der Waals surface area contributed by atoms with E-state index in [4.69, 9.17) is 4.74 Å². The van der Waals surface area contributed by atoms with Gasteiger partial charge >= 0.3 is 0 Å². The highest BCUT2D eigenvalue weighted by Gasteiger charge is 2.21. The molecule has 3 aromatic rings. The minimum atomic E-state index is 0.233. The summed E-state index contributed by atoms with van der Waals surface area (Å²) in [6.07, 6.45) is 0.889. The highest BCUT2D eigenvalue weighted by atomic mass is 16.5. The van der Waals surface area contributed by atoms with Crippen molar-refractivity contribution in [1.82, 2.24) is 0 Å². The second-order valence-electron chi connectivity index (χ2n) is 6.25. The SMILES string of the molecule is Cc1ccccc1.Oc1ccc([C@@H]2COc3cc(O)ccc3C2)cc1. The second kappa shape index (κ2) is 7.75. The molecule has 1 heterocycles. The lowest BCUT2D eigenvalue weighted by Gasteiger charge is -2.25. The highest BCUT2D eigenvalue weighted by molar-refractivity contribution is 5.43. The van der Waals surface area contributed by atoms with Crippen LogP contribution in [0, 0.1) is 6.92 Å². The van der Waals surface area contributed by atoms with Gasteiger partial charge in [0.2, 0.25) is 0 Å². The van der Waals surface area contributed by atoms with E-state index < -0.39 is 0 Å². The van der Waals surface area contributed by atoms with Gasteiger partial charge in [-0.25, -0.2) is 0 Å². The summed E-state index contributed by atoms with van der Waals surface area (Å²) in [6, 6.07) is 22.7. The molecule has 25 heavy (non-hydrogen) atoms. The standard InChI is InChI=1S/C15H14O3.C7H8/c16-13-4-1-10(2-5-13)12-7-11-3-6-14(17)8-15(11)18-9-12;1-7-5-3-2-4-6-7/h1-6,8,12,16-17H,7,9H2;2-6H,1H3/t12-;/m0./s1. The molecule has 128 valence electrons. The largest absolute Gasteiger partial charge is 0.508 e. The fourth-order valence-corrected chi connectivity index (χ4v) is 2.86. The minimum absolute atomic E-state index is 0.233. The molecule has 1 aliphatic rings. The Labute approximate surface area is 148 Å². The number of phenols is 2. The number of fused-ring (bicyclic) bond motifs is 1. The van der Waals surface area contributed by atoms with Crippen LogP contribution in [0.3, 0.4) is 0 Å². The summed E-state index contributed by atoms with van der Waals surface area (Å²) in [5, 5.41) is 18.7. The van der Waals surface area contributed by atoms with Crippen LogP contribution in [0.2, 0.25) is 0 Å². The molecule has 0 fully saturated rings. The average Bonchev–Trinajstić information content (AvgIpc) is 2.63. The van der Waals surface area contributed by atoms with Crippen LogP contribution in [0.15, 0.2) is 72.8 Å². The maximum absolute atomic E-state index is 9.39. The van der Waals surface area contributed by atoms with Gasteiger partial charge < -0.3 is 14.9 Å². The van der Waals surface area contributed by atoms with Gasteiger partial charge in [-0.3, -0.25) is 0 Å². The van der Waals surface area contributed by atoms with Crippen molar-refractivity contribution in [3.8, 4) is 17.2 Å². The van der Waals surface area contributed by atoms with Crippen LogP contribution in [0.1, 0.15) is 22.6 Å². The van der Waals surface area contributed by atoms with Gasteiger partial charge in [0, 0.05) is 12.0 Å². The first-order valence-corrected chi connectivity index (χ1v) is 8.37. The lowest BCUT2D eigenvalue weighted by Crippen LogP contribution is -2.18. The van der Waals surface area contributed by atoms with E-state index in [1.54, 1.807) is 24.3 Å². The van der Waals surface area contributed by atoms with E-state index in [0.29, 0.717) is 12.5 Å². The normalized spacial score (nSPS) is 15.3. The quantitative estimate of drug-likeness (QED) is 0.671. The molecule has 0 saturated carbocycles. The molecule has 0 aromatic heterocycles. The third-order valence-electron chi connectivity index (χ3n) is 4.26. The first-order chi connectivity index (χ1) is 12.1. The van der Waals surface area contributed by atoms with E-state index in [1.165, 1.54) is 5.56 Å². The molecular formula is C22H22O3. The van der Waals surface area contributed by atoms with Gasteiger partial charge in [-0.05, 0) is 42.7 Å². The van der Waals surface area contributed by atoms with Crippen LogP contribution < -0.4 is 4.74 Å². The van der Waals surface area contributed by atoms with Crippen molar-refractivity contribution in [1.29, 1.82) is 0 Å². The summed E-state index contributed by atoms with van der Waals surface area (Å²) in [6.45, 7) is 2.68. The summed E-state index contributed by atoms with van der Waals surface area (Å²) in [5.41, 5.74) is 3.59. The summed E-state index contributed by atoms with van der Waals surface area (Å²) >= 11 is 0. The van der Waals surface area contributed by atoms with Gasteiger partial charge in [-0.15, -0.1) is 0 Å². The number of aromatic hydroxyl groups is 2. The first kappa shape index (κ1) is 16.9. The Balaban J connectivity index is 0.000000219. The zero-order valence-electron chi connectivity index (χ0n) is 14.2. The van der Waals surface area contributed by atoms with Crippen LogP contribution in [0.25, 0.3) is 0 Å². The Morgan fingerprint density at radius 2 is 1.52 bits per heavy atom. The Bertz CT molecular complexity index is 810. The predicted octanol–water partition coefficient (Wildman–Crippen LogP) is 4.81. The lowest BCUT2D eigenvalue weighted by atomic mass is 9.90. The molecule has 1 atom stereocenters. The van der Waals surface area contributed by atoms with Crippen LogP contribution in [-0.2, 0) is 6.42 Å². The number of phenolic OH excluding ortho intramolecular Hbond substituents is 2. The molecule has 3 aromatic carbocycles. The Kier molecular flexibility index (Phi) is 5.24. The molecule has 0 saturated heterocycles. The summed E-state index contributed by atoms with van der Waals surface area (Å²) in [4.78, 5) is 0. The molecular weight excluding hydrogens is 312 g/mol. The monoisotopic (exact) mass is 334 g/mol. The van der Waals surface area contributed by atoms with Gasteiger partial charge in [0.15, 0.2) is 0 Å². The molecule has 3 heteroatoms. The third-order valence-corrected chi connectivity index (χ3v) is 4.26. The lowest BCUT2D eigenvalue weighted by molar-refractivity contribution is 0.261. The van der Waals surface area contributed by atoms with Gasteiger partial charge in [-0.2, -0.15) is 0 Å². The number of hydrogen-bond donors (Lipinski definition) is 2. The van der Waals surface area contributed by atoms with E-state index in [-0.39, 0.29) is 11.5 Å². The van der Waals surface area contributed by atoms with Crippen LogP contribution in [0.4, 0.5) is 0 Å². The van der Waals surface area contributed by atoms with E-state index in [0.717, 1.165) is 23.3 Å². The van der Waals surface area contributed by atoms with E-state index in [2.05, 4.69) is 19.1 Å². The topological polar surface area (TPSA) is 49.7 Å². The molecule has 0 radical (unpaired) electrons. The maximum atomic E-state index is 9.39. The van der Waals surface area contributed by atoms with E-state index in [1.807, 2.05) is 36.4 Å². The van der Waals surface area contributed by atoms with Crippen LogP contribution in [-0.4, -0.2) is 16.8 Å². The predicted molar refractivity (Wildman–Crippen MR) is 99.3 cm³/mol. The molecule has 3 nitrogen and oxygen atoms in total. The fraction of sp³-hybridized carbons (Fsp3) is 0.182. The van der Waals surface area contributed by atoms with Crippen molar-refractivity contribution >= 4 is 0 Å². The number of aryl methyl sites for hydroxylation is 1.